The molecule has 0 aromatic heterocycles. The van der Waals surface area contributed by atoms with Gasteiger partial charge in [0.2, 0.25) is 5.91 Å². The third kappa shape index (κ3) is 6.95. The Bertz CT molecular complexity index is 264. The van der Waals surface area contributed by atoms with E-state index in [1.54, 1.807) is 18.7 Å². The Morgan fingerprint density at radius 1 is 1.26 bits per heavy atom. The molecule has 0 spiro atoms. The molecule has 0 saturated heterocycles. The van der Waals surface area contributed by atoms with Crippen LogP contribution in [0.2, 0.25) is 0 Å². The van der Waals surface area contributed by atoms with Crippen molar-refractivity contribution in [2.24, 2.45) is 5.92 Å². The Kier molecular flexibility index (Phi) is 6.84. The number of amides is 1. The van der Waals surface area contributed by atoms with Crippen LogP contribution >= 0.6 is 0 Å². The first-order valence-electron chi connectivity index (χ1n) is 7.92. The zero-order valence-electron chi connectivity index (χ0n) is 13.0. The van der Waals surface area contributed by atoms with Crippen LogP contribution in [0.5, 0.6) is 0 Å². The van der Waals surface area contributed by atoms with Crippen LogP contribution in [0.15, 0.2) is 0 Å². The van der Waals surface area contributed by atoms with Crippen molar-refractivity contribution in [3.63, 3.8) is 0 Å². The van der Waals surface area contributed by atoms with Crippen molar-refractivity contribution in [2.45, 2.75) is 77.7 Å². The van der Waals surface area contributed by atoms with Gasteiger partial charge in [-0.05, 0) is 39.5 Å². The Morgan fingerprint density at radius 2 is 1.89 bits per heavy atom. The number of aliphatic hydroxyl groups is 1. The molecule has 1 amide bonds. The summed E-state index contributed by atoms with van der Waals surface area (Å²) < 4.78 is 0. The van der Waals surface area contributed by atoms with E-state index in [1.165, 1.54) is 38.5 Å². The molecule has 1 aliphatic rings. The molecular formula is C16H31NO2. The number of hydrogen-bond acceptors (Lipinski definition) is 2. The SMILES string of the molecule is CCN(CC(C)(C)O)C(=O)CCCC1CCCCC1. The second kappa shape index (κ2) is 7.88. The summed E-state index contributed by atoms with van der Waals surface area (Å²) in [7, 11) is 0. The lowest BCUT2D eigenvalue weighted by atomic mass is 9.86. The van der Waals surface area contributed by atoms with Gasteiger partial charge in [0.05, 0.1) is 5.60 Å². The highest BCUT2D eigenvalue weighted by atomic mass is 16.3. The maximum Gasteiger partial charge on any atom is 0.222 e. The number of rotatable bonds is 7. The zero-order valence-corrected chi connectivity index (χ0v) is 13.0. The van der Waals surface area contributed by atoms with Gasteiger partial charge in [0.25, 0.3) is 0 Å². The van der Waals surface area contributed by atoms with Crippen LogP contribution in [0, 0.1) is 5.92 Å². The van der Waals surface area contributed by atoms with Crippen molar-refractivity contribution < 1.29 is 9.90 Å². The smallest absolute Gasteiger partial charge is 0.222 e. The highest BCUT2D eigenvalue weighted by molar-refractivity contribution is 5.76. The second-order valence-corrected chi connectivity index (χ2v) is 6.62. The lowest BCUT2D eigenvalue weighted by Crippen LogP contribution is -2.42. The quantitative estimate of drug-likeness (QED) is 0.770. The molecule has 1 rings (SSSR count). The summed E-state index contributed by atoms with van der Waals surface area (Å²) in [4.78, 5) is 13.9. The molecule has 1 aliphatic carbocycles. The molecule has 1 saturated carbocycles. The summed E-state index contributed by atoms with van der Waals surface area (Å²) in [6.45, 7) is 6.61. The fourth-order valence-corrected chi connectivity index (χ4v) is 3.02. The molecule has 112 valence electrons. The van der Waals surface area contributed by atoms with Gasteiger partial charge in [0, 0.05) is 19.5 Å². The zero-order chi connectivity index (χ0) is 14.3. The van der Waals surface area contributed by atoms with Gasteiger partial charge < -0.3 is 10.0 Å². The van der Waals surface area contributed by atoms with Crippen molar-refractivity contribution >= 4 is 5.91 Å². The minimum absolute atomic E-state index is 0.195. The molecule has 0 bridgehead atoms. The first-order valence-corrected chi connectivity index (χ1v) is 7.92. The minimum Gasteiger partial charge on any atom is -0.389 e. The van der Waals surface area contributed by atoms with Crippen molar-refractivity contribution in [1.82, 2.24) is 4.90 Å². The molecule has 0 unspecified atom stereocenters. The van der Waals surface area contributed by atoms with E-state index >= 15 is 0 Å². The van der Waals surface area contributed by atoms with Crippen LogP contribution in [0.4, 0.5) is 0 Å². The van der Waals surface area contributed by atoms with Crippen LogP contribution in [0.1, 0.15) is 72.1 Å². The molecule has 19 heavy (non-hydrogen) atoms. The summed E-state index contributed by atoms with van der Waals surface area (Å²) in [6, 6.07) is 0. The predicted molar refractivity (Wildman–Crippen MR) is 79.0 cm³/mol. The van der Waals surface area contributed by atoms with Gasteiger partial charge in [-0.3, -0.25) is 4.79 Å². The van der Waals surface area contributed by atoms with E-state index in [4.69, 9.17) is 0 Å². The van der Waals surface area contributed by atoms with Crippen LogP contribution < -0.4 is 0 Å². The number of hydrogen-bond donors (Lipinski definition) is 1. The molecule has 0 heterocycles. The van der Waals surface area contributed by atoms with E-state index < -0.39 is 5.60 Å². The van der Waals surface area contributed by atoms with E-state index in [2.05, 4.69) is 0 Å². The van der Waals surface area contributed by atoms with Gasteiger partial charge in [-0.25, -0.2) is 0 Å². The van der Waals surface area contributed by atoms with Gasteiger partial charge in [-0.15, -0.1) is 0 Å². The first kappa shape index (κ1) is 16.5. The Labute approximate surface area is 118 Å². The molecule has 0 aromatic rings. The summed E-state index contributed by atoms with van der Waals surface area (Å²) in [5.41, 5.74) is -0.797. The molecule has 0 aromatic carbocycles. The molecule has 0 aliphatic heterocycles. The molecule has 1 N–H and O–H groups in total. The lowest BCUT2D eigenvalue weighted by molar-refractivity contribution is -0.134. The topological polar surface area (TPSA) is 40.5 Å². The average Bonchev–Trinajstić information content (AvgIpc) is 2.36. The number of nitrogens with zero attached hydrogens (tertiary/aromatic N) is 1. The Balaban J connectivity index is 2.24. The Morgan fingerprint density at radius 3 is 2.42 bits per heavy atom. The predicted octanol–water partition coefficient (Wildman–Crippen LogP) is 3.36. The van der Waals surface area contributed by atoms with Crippen LogP contribution in [0.25, 0.3) is 0 Å². The molecule has 1 fully saturated rings. The third-order valence-electron chi connectivity index (χ3n) is 4.04. The van der Waals surface area contributed by atoms with Crippen LogP contribution in [0.3, 0.4) is 0 Å². The molecular weight excluding hydrogens is 238 g/mol. The van der Waals surface area contributed by atoms with E-state index in [0.717, 1.165) is 12.3 Å². The number of likely N-dealkylation sites (N-methyl/N-ethyl adjacent to an activating group) is 1. The van der Waals surface area contributed by atoms with E-state index in [9.17, 15) is 9.90 Å². The van der Waals surface area contributed by atoms with Gasteiger partial charge in [-0.2, -0.15) is 0 Å². The third-order valence-corrected chi connectivity index (χ3v) is 4.04. The van der Waals surface area contributed by atoms with Gasteiger partial charge >= 0.3 is 0 Å². The normalized spacial score (nSPS) is 17.5. The van der Waals surface area contributed by atoms with E-state index in [0.29, 0.717) is 19.5 Å². The fourth-order valence-electron chi connectivity index (χ4n) is 3.02. The van der Waals surface area contributed by atoms with Crippen molar-refractivity contribution in [3.05, 3.63) is 0 Å². The first-order chi connectivity index (χ1) is 8.92. The molecule has 0 atom stereocenters. The summed E-state index contributed by atoms with van der Waals surface area (Å²) in [6.07, 6.45) is 9.70. The van der Waals surface area contributed by atoms with E-state index in [1.807, 2.05) is 6.92 Å². The lowest BCUT2D eigenvalue weighted by Gasteiger charge is -2.28. The molecule has 3 heteroatoms. The van der Waals surface area contributed by atoms with Gasteiger partial charge in [0.1, 0.15) is 0 Å². The van der Waals surface area contributed by atoms with E-state index in [-0.39, 0.29) is 5.91 Å². The second-order valence-electron chi connectivity index (χ2n) is 6.62. The Hall–Kier alpha value is -0.570. The fraction of sp³-hybridized carbons (Fsp3) is 0.938. The largest absolute Gasteiger partial charge is 0.389 e. The summed E-state index contributed by atoms with van der Waals surface area (Å²) in [5.74, 6) is 1.05. The number of carbonyl (C=O) groups excluding carboxylic acids is 1. The average molecular weight is 269 g/mol. The summed E-state index contributed by atoms with van der Waals surface area (Å²) >= 11 is 0. The highest BCUT2D eigenvalue weighted by Crippen LogP contribution is 2.27. The summed E-state index contributed by atoms with van der Waals surface area (Å²) in [5, 5.41) is 9.80. The van der Waals surface area contributed by atoms with Crippen LogP contribution in [-0.2, 0) is 4.79 Å². The van der Waals surface area contributed by atoms with Crippen molar-refractivity contribution in [3.8, 4) is 0 Å². The molecule has 3 nitrogen and oxygen atoms in total. The minimum atomic E-state index is -0.797. The van der Waals surface area contributed by atoms with Gasteiger partial charge in [-0.1, -0.05) is 32.1 Å². The monoisotopic (exact) mass is 269 g/mol. The van der Waals surface area contributed by atoms with Crippen molar-refractivity contribution in [1.29, 1.82) is 0 Å². The van der Waals surface area contributed by atoms with Gasteiger partial charge in [0.15, 0.2) is 0 Å². The van der Waals surface area contributed by atoms with Crippen molar-refractivity contribution in [2.75, 3.05) is 13.1 Å². The highest BCUT2D eigenvalue weighted by Gasteiger charge is 2.21. The molecule has 0 radical (unpaired) electrons. The number of carbonyl (C=O) groups is 1. The maximum atomic E-state index is 12.1. The van der Waals surface area contributed by atoms with Crippen LogP contribution in [-0.4, -0.2) is 34.6 Å². The maximum absolute atomic E-state index is 12.1. The standard InChI is InChI=1S/C16H31NO2/c1-4-17(13-16(2,3)19)15(18)12-8-11-14-9-6-5-7-10-14/h14,19H,4-13H2,1-3H3.